The van der Waals surface area contributed by atoms with Crippen molar-refractivity contribution >= 4 is 35.0 Å². The average molecular weight is 305 g/mol. The van der Waals surface area contributed by atoms with Gasteiger partial charge in [0.15, 0.2) is 5.75 Å². The first kappa shape index (κ1) is 13.9. The van der Waals surface area contributed by atoms with Crippen molar-refractivity contribution in [3.05, 3.63) is 28.2 Å². The molecule has 2 atom stereocenters. The van der Waals surface area contributed by atoms with Gasteiger partial charge in [-0.05, 0) is 6.07 Å². The van der Waals surface area contributed by atoms with Gasteiger partial charge in [-0.3, -0.25) is 9.59 Å². The standard InChI is InChI=1S/C11H10Cl2N2O4/c12-5-1-6(13)3-7(2-5)19-15-11(18)9-8(16)4-14-10(9)17/h1-3,8-9,16H,4H2,(H,14,17)(H,15,18). The molecule has 1 aromatic rings. The van der Waals surface area contributed by atoms with Crippen LogP contribution in [0.3, 0.4) is 0 Å². The monoisotopic (exact) mass is 304 g/mol. The van der Waals surface area contributed by atoms with Crippen LogP contribution in [0.2, 0.25) is 10.0 Å². The Balaban J connectivity index is 1.98. The van der Waals surface area contributed by atoms with Crippen molar-refractivity contribution in [2.45, 2.75) is 6.10 Å². The second kappa shape index (κ2) is 5.64. The lowest BCUT2D eigenvalue weighted by atomic mass is 10.1. The molecular formula is C11H10Cl2N2O4. The molecule has 0 saturated carbocycles. The van der Waals surface area contributed by atoms with E-state index in [0.29, 0.717) is 10.0 Å². The van der Waals surface area contributed by atoms with E-state index in [0.717, 1.165) is 0 Å². The van der Waals surface area contributed by atoms with Gasteiger partial charge in [-0.1, -0.05) is 23.2 Å². The van der Waals surface area contributed by atoms with Gasteiger partial charge in [-0.2, -0.15) is 5.48 Å². The van der Waals surface area contributed by atoms with E-state index in [1.807, 2.05) is 0 Å². The second-order valence-electron chi connectivity index (χ2n) is 3.96. The van der Waals surface area contributed by atoms with Crippen molar-refractivity contribution in [3.63, 3.8) is 0 Å². The van der Waals surface area contributed by atoms with Gasteiger partial charge in [0.1, 0.15) is 5.92 Å². The lowest BCUT2D eigenvalue weighted by molar-refractivity contribution is -0.140. The molecule has 0 aliphatic carbocycles. The molecule has 2 amide bonds. The summed E-state index contributed by atoms with van der Waals surface area (Å²) in [6.45, 7) is 0.0416. The number of hydrogen-bond donors (Lipinski definition) is 3. The van der Waals surface area contributed by atoms with Crippen LogP contribution in [0, 0.1) is 5.92 Å². The van der Waals surface area contributed by atoms with E-state index in [1.54, 1.807) is 0 Å². The van der Waals surface area contributed by atoms with Crippen molar-refractivity contribution in [1.82, 2.24) is 10.8 Å². The fourth-order valence-corrected chi connectivity index (χ4v) is 2.17. The molecule has 0 aromatic heterocycles. The Hall–Kier alpha value is -1.50. The Bertz CT molecular complexity index is 503. The Kier molecular flexibility index (Phi) is 4.14. The Morgan fingerprint density at radius 1 is 1.37 bits per heavy atom. The molecule has 1 heterocycles. The third-order valence-corrected chi connectivity index (χ3v) is 2.98. The summed E-state index contributed by atoms with van der Waals surface area (Å²) in [6, 6.07) is 4.39. The van der Waals surface area contributed by atoms with Crippen LogP contribution in [0.25, 0.3) is 0 Å². The second-order valence-corrected chi connectivity index (χ2v) is 4.84. The number of halogens is 2. The minimum absolute atomic E-state index is 0.0416. The molecular weight excluding hydrogens is 295 g/mol. The van der Waals surface area contributed by atoms with Gasteiger partial charge in [-0.25, -0.2) is 0 Å². The van der Waals surface area contributed by atoms with E-state index in [2.05, 4.69) is 10.8 Å². The summed E-state index contributed by atoms with van der Waals surface area (Å²) in [7, 11) is 0. The maximum atomic E-state index is 11.7. The molecule has 1 saturated heterocycles. The zero-order valence-electron chi connectivity index (χ0n) is 9.52. The van der Waals surface area contributed by atoms with Crippen molar-refractivity contribution < 1.29 is 19.5 Å². The SMILES string of the molecule is O=C1NCC(O)C1C(=O)NOc1cc(Cl)cc(Cl)c1. The number of carbonyl (C=O) groups is 2. The summed E-state index contributed by atoms with van der Waals surface area (Å²) in [5, 5.41) is 12.5. The molecule has 1 aliphatic heterocycles. The van der Waals surface area contributed by atoms with E-state index >= 15 is 0 Å². The molecule has 3 N–H and O–H groups in total. The van der Waals surface area contributed by atoms with Gasteiger partial charge in [-0.15, -0.1) is 0 Å². The van der Waals surface area contributed by atoms with Crippen LogP contribution in [0.1, 0.15) is 0 Å². The van der Waals surface area contributed by atoms with Crippen molar-refractivity contribution in [2.75, 3.05) is 6.54 Å². The van der Waals surface area contributed by atoms with Crippen molar-refractivity contribution in [2.24, 2.45) is 5.92 Å². The quantitative estimate of drug-likeness (QED) is 0.561. The van der Waals surface area contributed by atoms with Gasteiger partial charge in [0.05, 0.1) is 6.10 Å². The van der Waals surface area contributed by atoms with Crippen LogP contribution in [-0.2, 0) is 9.59 Å². The van der Waals surface area contributed by atoms with Crippen molar-refractivity contribution in [3.8, 4) is 5.75 Å². The third kappa shape index (κ3) is 3.28. The zero-order valence-corrected chi connectivity index (χ0v) is 11.0. The smallest absolute Gasteiger partial charge is 0.267 e. The number of rotatable bonds is 3. The highest BCUT2D eigenvalue weighted by molar-refractivity contribution is 6.34. The van der Waals surface area contributed by atoms with E-state index < -0.39 is 23.8 Å². The third-order valence-electron chi connectivity index (χ3n) is 2.54. The summed E-state index contributed by atoms with van der Waals surface area (Å²) in [4.78, 5) is 28.0. The molecule has 1 aliphatic rings. The molecule has 0 spiro atoms. The Morgan fingerprint density at radius 3 is 2.53 bits per heavy atom. The zero-order chi connectivity index (χ0) is 14.0. The predicted octanol–water partition coefficient (Wildman–Crippen LogP) is 0.510. The molecule has 102 valence electrons. The highest BCUT2D eigenvalue weighted by atomic mass is 35.5. The molecule has 1 fully saturated rings. The summed E-state index contributed by atoms with van der Waals surface area (Å²) >= 11 is 11.5. The molecule has 0 radical (unpaired) electrons. The van der Waals surface area contributed by atoms with Crippen LogP contribution < -0.4 is 15.6 Å². The molecule has 19 heavy (non-hydrogen) atoms. The van der Waals surface area contributed by atoms with E-state index in [4.69, 9.17) is 28.0 Å². The summed E-state index contributed by atoms with van der Waals surface area (Å²) in [6.07, 6.45) is -1.07. The largest absolute Gasteiger partial charge is 0.390 e. The number of β-amino-alcohol motifs (C(OH)–C–C–N with tert-alkyl or cyclic N) is 1. The van der Waals surface area contributed by atoms with Gasteiger partial charge in [0, 0.05) is 28.7 Å². The Morgan fingerprint density at radius 2 is 2.00 bits per heavy atom. The predicted molar refractivity (Wildman–Crippen MR) is 67.7 cm³/mol. The number of amides is 2. The van der Waals surface area contributed by atoms with E-state index in [9.17, 15) is 14.7 Å². The van der Waals surface area contributed by atoms with Crippen LogP contribution in [0.5, 0.6) is 5.75 Å². The summed E-state index contributed by atoms with van der Waals surface area (Å²) < 4.78 is 0. The number of hydroxylamine groups is 1. The number of nitrogens with one attached hydrogen (secondary N) is 2. The first-order valence-electron chi connectivity index (χ1n) is 5.36. The summed E-state index contributed by atoms with van der Waals surface area (Å²) in [5.41, 5.74) is 2.08. The molecule has 1 aromatic carbocycles. The Labute approximate surface area is 118 Å². The fraction of sp³-hybridized carbons (Fsp3) is 0.273. The number of aliphatic hydroxyl groups excluding tert-OH is 1. The highest BCUT2D eigenvalue weighted by Crippen LogP contribution is 2.23. The normalized spacial score (nSPS) is 21.9. The van der Waals surface area contributed by atoms with Gasteiger partial charge in [0.25, 0.3) is 5.91 Å². The van der Waals surface area contributed by atoms with Gasteiger partial charge >= 0.3 is 0 Å². The van der Waals surface area contributed by atoms with Crippen LogP contribution in [0.4, 0.5) is 0 Å². The fourth-order valence-electron chi connectivity index (χ4n) is 1.66. The molecule has 2 rings (SSSR count). The van der Waals surface area contributed by atoms with Crippen molar-refractivity contribution in [1.29, 1.82) is 0 Å². The molecule has 8 heteroatoms. The molecule has 2 unspecified atom stereocenters. The first-order valence-corrected chi connectivity index (χ1v) is 6.11. The summed E-state index contributed by atoms with van der Waals surface area (Å²) in [5.74, 6) is -2.25. The average Bonchev–Trinajstić information content (AvgIpc) is 2.65. The number of carbonyl (C=O) groups excluding carboxylic acids is 2. The first-order chi connectivity index (χ1) is 8.97. The van der Waals surface area contributed by atoms with Gasteiger partial charge in [0.2, 0.25) is 5.91 Å². The minimum atomic E-state index is -1.19. The maximum absolute atomic E-state index is 11.7. The van der Waals surface area contributed by atoms with E-state index in [-0.39, 0.29) is 12.3 Å². The minimum Gasteiger partial charge on any atom is -0.390 e. The van der Waals surface area contributed by atoms with Crippen LogP contribution >= 0.6 is 23.2 Å². The van der Waals surface area contributed by atoms with Gasteiger partial charge < -0.3 is 15.3 Å². The number of benzene rings is 1. The van der Waals surface area contributed by atoms with Crippen LogP contribution in [-0.4, -0.2) is 29.6 Å². The molecule has 6 nitrogen and oxygen atoms in total. The highest BCUT2D eigenvalue weighted by Gasteiger charge is 2.39. The van der Waals surface area contributed by atoms with Crippen LogP contribution in [0.15, 0.2) is 18.2 Å². The number of hydrogen-bond acceptors (Lipinski definition) is 4. The topological polar surface area (TPSA) is 87.7 Å². The molecule has 0 bridgehead atoms. The van der Waals surface area contributed by atoms with E-state index in [1.165, 1.54) is 18.2 Å². The number of aliphatic hydroxyl groups is 1. The maximum Gasteiger partial charge on any atom is 0.267 e. The lowest BCUT2D eigenvalue weighted by Gasteiger charge is -2.12. The lowest BCUT2D eigenvalue weighted by Crippen LogP contribution is -2.40.